The Labute approximate surface area is 171 Å². The summed E-state index contributed by atoms with van der Waals surface area (Å²) in [4.78, 5) is 35.8. The van der Waals surface area contributed by atoms with Crippen LogP contribution in [0.2, 0.25) is 0 Å². The average Bonchev–Trinajstić information content (AvgIpc) is 3.17. The Morgan fingerprint density at radius 1 is 1.04 bits per heavy atom. The van der Waals surface area contributed by atoms with Crippen molar-refractivity contribution in [3.8, 4) is 0 Å². The number of amides is 3. The molecule has 0 saturated heterocycles. The Kier molecular flexibility index (Phi) is 8.87. The van der Waals surface area contributed by atoms with Gasteiger partial charge in [0.1, 0.15) is 0 Å². The van der Waals surface area contributed by atoms with E-state index in [0.717, 1.165) is 25.7 Å². The lowest BCUT2D eigenvalue weighted by atomic mass is 10.0. The second-order valence-corrected chi connectivity index (χ2v) is 7.45. The molecule has 0 radical (unpaired) electrons. The van der Waals surface area contributed by atoms with Crippen LogP contribution in [0.25, 0.3) is 0 Å². The quantitative estimate of drug-likeness (QED) is 0.414. The summed E-state index contributed by atoms with van der Waals surface area (Å²) in [5.74, 6) is -0.143. The van der Waals surface area contributed by atoms with Gasteiger partial charge in [-0.2, -0.15) is 0 Å². The zero-order valence-electron chi connectivity index (χ0n) is 16.2. The maximum Gasteiger partial charge on any atom is 0.269 e. The highest BCUT2D eigenvalue weighted by Gasteiger charge is 2.19. The van der Waals surface area contributed by atoms with E-state index in [2.05, 4.69) is 21.5 Å². The molecule has 0 spiro atoms. The summed E-state index contributed by atoms with van der Waals surface area (Å²) >= 11 is 5.04. The van der Waals surface area contributed by atoms with E-state index in [-0.39, 0.29) is 16.9 Å². The van der Waals surface area contributed by atoms with Crippen LogP contribution in [0.15, 0.2) is 24.3 Å². The smallest absolute Gasteiger partial charge is 0.269 e. The van der Waals surface area contributed by atoms with Gasteiger partial charge < -0.3 is 10.6 Å². The van der Waals surface area contributed by atoms with Gasteiger partial charge in [-0.3, -0.25) is 25.2 Å². The number of rotatable bonds is 7. The number of carbonyl (C=O) groups excluding carboxylic acids is 3. The number of hydrazine groups is 1. The van der Waals surface area contributed by atoms with Crippen LogP contribution in [0.3, 0.4) is 0 Å². The molecular weight excluding hydrogens is 376 g/mol. The van der Waals surface area contributed by atoms with Crippen LogP contribution in [0.1, 0.15) is 68.6 Å². The van der Waals surface area contributed by atoms with E-state index in [1.165, 1.54) is 12.8 Å². The fourth-order valence-electron chi connectivity index (χ4n) is 3.14. The Morgan fingerprint density at radius 2 is 1.71 bits per heavy atom. The van der Waals surface area contributed by atoms with E-state index < -0.39 is 5.91 Å². The van der Waals surface area contributed by atoms with Crippen LogP contribution < -0.4 is 21.5 Å². The van der Waals surface area contributed by atoms with Crippen molar-refractivity contribution < 1.29 is 14.4 Å². The van der Waals surface area contributed by atoms with Gasteiger partial charge in [0, 0.05) is 24.1 Å². The molecular formula is C20H28N4O3S. The van der Waals surface area contributed by atoms with E-state index in [1.54, 1.807) is 24.3 Å². The van der Waals surface area contributed by atoms with Gasteiger partial charge in [-0.1, -0.05) is 26.2 Å². The van der Waals surface area contributed by atoms with Crippen LogP contribution in [0.4, 0.5) is 5.69 Å². The highest BCUT2D eigenvalue weighted by molar-refractivity contribution is 7.80. The fraction of sp³-hybridized carbons (Fsp3) is 0.500. The van der Waals surface area contributed by atoms with Crippen LogP contribution in [-0.2, 0) is 9.59 Å². The highest BCUT2D eigenvalue weighted by Crippen LogP contribution is 2.27. The van der Waals surface area contributed by atoms with Crippen LogP contribution in [-0.4, -0.2) is 22.8 Å². The summed E-state index contributed by atoms with van der Waals surface area (Å²) in [7, 11) is 0. The minimum Gasteiger partial charge on any atom is -0.326 e. The number of unbranched alkanes of at least 4 members (excludes halogenated alkanes) is 1. The van der Waals surface area contributed by atoms with E-state index >= 15 is 0 Å². The molecule has 152 valence electrons. The maximum atomic E-state index is 12.2. The number of thiocarbonyl (C=S) groups is 1. The lowest BCUT2D eigenvalue weighted by Crippen LogP contribution is -2.48. The fourth-order valence-corrected chi connectivity index (χ4v) is 3.30. The third-order valence-corrected chi connectivity index (χ3v) is 4.88. The van der Waals surface area contributed by atoms with Gasteiger partial charge >= 0.3 is 0 Å². The second kappa shape index (κ2) is 11.4. The third kappa shape index (κ3) is 7.64. The first kappa shape index (κ1) is 21.8. The molecule has 0 bridgehead atoms. The van der Waals surface area contributed by atoms with Crippen LogP contribution in [0, 0.1) is 5.92 Å². The summed E-state index contributed by atoms with van der Waals surface area (Å²) in [5.41, 5.74) is 6.03. The van der Waals surface area contributed by atoms with Crippen molar-refractivity contribution in [3.05, 3.63) is 29.8 Å². The predicted octanol–water partition coefficient (Wildman–Crippen LogP) is 3.03. The summed E-state index contributed by atoms with van der Waals surface area (Å²) in [6.45, 7) is 2.03. The topological polar surface area (TPSA) is 99.3 Å². The number of anilines is 1. The van der Waals surface area contributed by atoms with Crippen LogP contribution >= 0.6 is 12.2 Å². The molecule has 2 rings (SSSR count). The molecule has 1 fully saturated rings. The van der Waals surface area contributed by atoms with Crippen molar-refractivity contribution in [2.75, 3.05) is 5.32 Å². The van der Waals surface area contributed by atoms with Crippen molar-refractivity contribution in [1.29, 1.82) is 0 Å². The number of hydrogen-bond acceptors (Lipinski definition) is 4. The van der Waals surface area contributed by atoms with Gasteiger partial charge in [0.25, 0.3) is 5.91 Å². The average molecular weight is 405 g/mol. The van der Waals surface area contributed by atoms with E-state index in [0.29, 0.717) is 30.0 Å². The molecule has 1 aromatic carbocycles. The zero-order valence-corrected chi connectivity index (χ0v) is 17.0. The van der Waals surface area contributed by atoms with Crippen molar-refractivity contribution in [3.63, 3.8) is 0 Å². The van der Waals surface area contributed by atoms with Gasteiger partial charge in [0.15, 0.2) is 5.11 Å². The lowest BCUT2D eigenvalue weighted by molar-refractivity contribution is -0.120. The minimum atomic E-state index is -0.392. The van der Waals surface area contributed by atoms with E-state index in [4.69, 9.17) is 12.2 Å². The summed E-state index contributed by atoms with van der Waals surface area (Å²) in [6, 6.07) is 6.54. The molecule has 0 atom stereocenters. The molecule has 4 N–H and O–H groups in total. The predicted molar refractivity (Wildman–Crippen MR) is 113 cm³/mol. The highest BCUT2D eigenvalue weighted by atomic mass is 32.1. The van der Waals surface area contributed by atoms with E-state index in [9.17, 15) is 14.4 Å². The van der Waals surface area contributed by atoms with Gasteiger partial charge in [-0.25, -0.2) is 0 Å². The Morgan fingerprint density at radius 3 is 2.36 bits per heavy atom. The molecule has 8 heteroatoms. The molecule has 1 aliphatic carbocycles. The maximum absolute atomic E-state index is 12.2. The standard InChI is InChI=1S/C20H28N4O3S/c1-2-3-8-17(25)21-16-11-9-15(10-12-16)19(27)23-24-20(28)22-18(26)13-14-6-4-5-7-14/h9-12,14H,2-8,13H2,1H3,(H,21,25)(H,23,27)(H2,22,24,26,28). The molecule has 0 aliphatic heterocycles. The molecule has 28 heavy (non-hydrogen) atoms. The van der Waals surface area contributed by atoms with Crippen LogP contribution in [0.5, 0.6) is 0 Å². The Balaban J connectivity index is 1.72. The molecule has 3 amide bonds. The first-order valence-corrected chi connectivity index (χ1v) is 10.2. The van der Waals surface area contributed by atoms with Crippen molar-refractivity contribution in [2.24, 2.45) is 5.92 Å². The SMILES string of the molecule is CCCCC(=O)Nc1ccc(C(=O)NNC(=S)NC(=O)CC2CCCC2)cc1. The number of nitrogens with one attached hydrogen (secondary N) is 4. The summed E-state index contributed by atoms with van der Waals surface area (Å²) in [5, 5.41) is 5.44. The summed E-state index contributed by atoms with van der Waals surface area (Å²) < 4.78 is 0. The largest absolute Gasteiger partial charge is 0.326 e. The third-order valence-electron chi connectivity index (χ3n) is 4.68. The van der Waals surface area contributed by atoms with Crippen molar-refractivity contribution >= 4 is 40.7 Å². The summed E-state index contributed by atoms with van der Waals surface area (Å²) in [6.07, 6.45) is 7.26. The molecule has 1 saturated carbocycles. The molecule has 1 aromatic rings. The first-order chi connectivity index (χ1) is 13.5. The molecule has 0 unspecified atom stereocenters. The van der Waals surface area contributed by atoms with Gasteiger partial charge in [-0.15, -0.1) is 0 Å². The monoisotopic (exact) mass is 404 g/mol. The Bertz CT molecular complexity index is 700. The van der Waals surface area contributed by atoms with Crippen molar-refractivity contribution in [1.82, 2.24) is 16.2 Å². The zero-order chi connectivity index (χ0) is 20.4. The molecule has 0 heterocycles. The normalized spacial score (nSPS) is 13.6. The second-order valence-electron chi connectivity index (χ2n) is 7.04. The first-order valence-electron chi connectivity index (χ1n) is 9.78. The van der Waals surface area contributed by atoms with Gasteiger partial charge in [-0.05, 0) is 61.7 Å². The van der Waals surface area contributed by atoms with Gasteiger partial charge in [0.05, 0.1) is 0 Å². The molecule has 7 nitrogen and oxygen atoms in total. The number of hydrogen-bond donors (Lipinski definition) is 4. The minimum absolute atomic E-state index is 0.0422. The van der Waals surface area contributed by atoms with E-state index in [1.807, 2.05) is 6.92 Å². The van der Waals surface area contributed by atoms with Gasteiger partial charge in [0.2, 0.25) is 11.8 Å². The lowest BCUT2D eigenvalue weighted by Gasteiger charge is -2.13. The molecule has 0 aromatic heterocycles. The molecule has 1 aliphatic rings. The number of benzene rings is 1. The Hall–Kier alpha value is -2.48. The van der Waals surface area contributed by atoms with Crippen molar-refractivity contribution in [2.45, 2.75) is 58.3 Å². The number of carbonyl (C=O) groups is 3.